The molecule has 0 radical (unpaired) electrons. The highest BCUT2D eigenvalue weighted by molar-refractivity contribution is 7.16. The summed E-state index contributed by atoms with van der Waals surface area (Å²) in [6.45, 7) is 1.83. The summed E-state index contributed by atoms with van der Waals surface area (Å²) >= 11 is 1.11. The maximum Gasteiger partial charge on any atom is 0.359 e. The van der Waals surface area contributed by atoms with Crippen LogP contribution in [0.5, 0.6) is 5.75 Å². The van der Waals surface area contributed by atoms with Crippen molar-refractivity contribution in [1.29, 1.82) is 0 Å². The molecule has 11 heteroatoms. The molecule has 10 nitrogen and oxygen atoms in total. The molecule has 0 atom stereocenters. The second-order valence-corrected chi connectivity index (χ2v) is 8.56. The number of carbonyl (C=O) groups excluding carboxylic acids is 2. The van der Waals surface area contributed by atoms with E-state index in [-0.39, 0.29) is 28.4 Å². The summed E-state index contributed by atoms with van der Waals surface area (Å²) in [5, 5.41) is 13.2. The number of methoxy groups -OCH3 is 1. The fourth-order valence-corrected chi connectivity index (χ4v) is 4.45. The van der Waals surface area contributed by atoms with Crippen molar-refractivity contribution in [3.8, 4) is 11.4 Å². The lowest BCUT2D eigenvalue weighted by molar-refractivity contribution is 0.0520. The van der Waals surface area contributed by atoms with Gasteiger partial charge in [-0.25, -0.2) is 4.79 Å². The van der Waals surface area contributed by atoms with Crippen molar-refractivity contribution in [1.82, 2.24) is 14.9 Å². The second kappa shape index (κ2) is 8.75. The number of amides is 1. The number of ether oxygens (including phenoxy) is 2. The Labute approximate surface area is 197 Å². The van der Waals surface area contributed by atoms with Gasteiger partial charge in [-0.1, -0.05) is 5.16 Å². The minimum atomic E-state index is -0.670. The lowest BCUT2D eigenvalue weighted by atomic mass is 10.2. The van der Waals surface area contributed by atoms with Gasteiger partial charge in [0.15, 0.2) is 11.4 Å². The highest BCUT2D eigenvalue weighted by Crippen LogP contribution is 2.40. The van der Waals surface area contributed by atoms with Crippen molar-refractivity contribution in [3.05, 3.63) is 63.2 Å². The Hall–Kier alpha value is -3.99. The number of aromatic nitrogens is 3. The van der Waals surface area contributed by atoms with E-state index in [1.54, 1.807) is 42.6 Å². The number of thiophene rings is 1. The Morgan fingerprint density at radius 2 is 2.03 bits per heavy atom. The summed E-state index contributed by atoms with van der Waals surface area (Å²) in [6, 6.07) is 8.26. The lowest BCUT2D eigenvalue weighted by Crippen LogP contribution is -2.25. The van der Waals surface area contributed by atoms with Gasteiger partial charge < -0.3 is 19.3 Å². The van der Waals surface area contributed by atoms with E-state index in [4.69, 9.17) is 14.0 Å². The van der Waals surface area contributed by atoms with Crippen LogP contribution in [-0.2, 0) is 4.74 Å². The first-order chi connectivity index (χ1) is 16.5. The molecule has 0 aliphatic heterocycles. The van der Waals surface area contributed by atoms with Gasteiger partial charge in [0.1, 0.15) is 16.5 Å². The summed E-state index contributed by atoms with van der Waals surface area (Å²) in [4.78, 5) is 38.9. The van der Waals surface area contributed by atoms with E-state index < -0.39 is 17.4 Å². The molecule has 1 aliphatic carbocycles. The zero-order chi connectivity index (χ0) is 23.8. The van der Waals surface area contributed by atoms with E-state index in [0.29, 0.717) is 28.5 Å². The number of nitrogens with one attached hydrogen (secondary N) is 1. The summed E-state index contributed by atoms with van der Waals surface area (Å²) in [6.07, 6.45) is 2.03. The number of nitrogens with zero attached hydrogens (tertiary/aromatic N) is 3. The molecular weight excluding hydrogens is 460 g/mol. The maximum atomic E-state index is 13.5. The summed E-state index contributed by atoms with van der Waals surface area (Å²) in [5.41, 5.74) is 0.0240. The number of rotatable bonds is 7. The molecule has 0 bridgehead atoms. The molecule has 1 fully saturated rings. The van der Waals surface area contributed by atoms with Crippen LogP contribution >= 0.6 is 11.3 Å². The highest BCUT2D eigenvalue weighted by atomic mass is 32.1. The number of fused-ring (bicyclic) bond motifs is 1. The Morgan fingerprint density at radius 1 is 1.26 bits per heavy atom. The number of anilines is 1. The molecule has 0 spiro atoms. The van der Waals surface area contributed by atoms with Gasteiger partial charge in [-0.05, 0) is 44.0 Å². The first-order valence-corrected chi connectivity index (χ1v) is 11.5. The molecule has 5 rings (SSSR count). The van der Waals surface area contributed by atoms with Gasteiger partial charge in [-0.2, -0.15) is 9.78 Å². The Bertz CT molecular complexity index is 1450. The van der Waals surface area contributed by atoms with Crippen LogP contribution in [0.3, 0.4) is 0 Å². The first-order valence-electron chi connectivity index (χ1n) is 10.6. The molecule has 1 saturated carbocycles. The van der Waals surface area contributed by atoms with Crippen molar-refractivity contribution >= 4 is 39.0 Å². The van der Waals surface area contributed by atoms with Gasteiger partial charge in [-0.3, -0.25) is 9.59 Å². The molecule has 1 N–H and O–H groups in total. The molecule has 0 saturated heterocycles. The molecule has 34 heavy (non-hydrogen) atoms. The summed E-state index contributed by atoms with van der Waals surface area (Å²) in [7, 11) is 1.53. The molecule has 1 aliphatic rings. The molecule has 3 aromatic heterocycles. The number of carbonyl (C=O) groups is 2. The molecule has 174 valence electrons. The van der Waals surface area contributed by atoms with Crippen LogP contribution in [0, 0.1) is 0 Å². The predicted molar refractivity (Wildman–Crippen MR) is 124 cm³/mol. The molecule has 1 aromatic carbocycles. The monoisotopic (exact) mass is 480 g/mol. The molecule has 0 unspecified atom stereocenters. The molecule has 4 aromatic rings. The van der Waals surface area contributed by atoms with Gasteiger partial charge in [0, 0.05) is 22.8 Å². The minimum absolute atomic E-state index is 0.0264. The molecular formula is C23H20N4O6S. The molecule has 1 amide bonds. The van der Waals surface area contributed by atoms with Crippen LogP contribution < -0.4 is 15.6 Å². The maximum absolute atomic E-state index is 13.5. The van der Waals surface area contributed by atoms with Gasteiger partial charge >= 0.3 is 5.97 Å². The van der Waals surface area contributed by atoms with E-state index in [0.717, 1.165) is 28.9 Å². The smallest absolute Gasteiger partial charge is 0.359 e. The van der Waals surface area contributed by atoms with Crippen molar-refractivity contribution in [2.24, 2.45) is 0 Å². The standard InChI is InChI=1S/C23H20N4O6S/c1-3-32-23(30)19-15-11-34-21(24-20(28)16-10-17(33-26-16)12-4-5-12)18(15)22(29)27(25-19)13-6-8-14(31-2)9-7-13/h6-12H,3-5H2,1-2H3,(H,24,28). The van der Waals surface area contributed by atoms with Gasteiger partial charge in [-0.15, -0.1) is 11.3 Å². The fourth-order valence-electron chi connectivity index (χ4n) is 3.51. The van der Waals surface area contributed by atoms with Crippen molar-refractivity contribution in [2.75, 3.05) is 19.0 Å². The molecule has 3 heterocycles. The first kappa shape index (κ1) is 21.8. The van der Waals surface area contributed by atoms with Crippen molar-refractivity contribution in [3.63, 3.8) is 0 Å². The van der Waals surface area contributed by atoms with Crippen LogP contribution in [0.15, 0.2) is 45.0 Å². The lowest BCUT2D eigenvalue weighted by Gasteiger charge is -2.10. The third kappa shape index (κ3) is 3.94. The van der Waals surface area contributed by atoms with Crippen molar-refractivity contribution in [2.45, 2.75) is 25.7 Å². The van der Waals surface area contributed by atoms with E-state index in [2.05, 4.69) is 15.6 Å². The van der Waals surface area contributed by atoms with E-state index >= 15 is 0 Å². The van der Waals surface area contributed by atoms with Crippen LogP contribution in [0.4, 0.5) is 5.00 Å². The average molecular weight is 481 g/mol. The summed E-state index contributed by atoms with van der Waals surface area (Å²) < 4.78 is 16.7. The number of hydrogen-bond donors (Lipinski definition) is 1. The van der Waals surface area contributed by atoms with E-state index in [1.807, 2.05) is 0 Å². The van der Waals surface area contributed by atoms with Gasteiger partial charge in [0.2, 0.25) is 0 Å². The van der Waals surface area contributed by atoms with Crippen LogP contribution in [0.25, 0.3) is 16.5 Å². The van der Waals surface area contributed by atoms with Crippen molar-refractivity contribution < 1.29 is 23.6 Å². The minimum Gasteiger partial charge on any atom is -0.497 e. The van der Waals surface area contributed by atoms with Crippen LogP contribution in [0.1, 0.15) is 52.4 Å². The average Bonchev–Trinajstić information content (AvgIpc) is 3.42. The number of benzene rings is 1. The van der Waals surface area contributed by atoms with Gasteiger partial charge in [0.25, 0.3) is 11.5 Å². The third-order valence-corrected chi connectivity index (χ3v) is 6.30. The van der Waals surface area contributed by atoms with E-state index in [9.17, 15) is 14.4 Å². The van der Waals surface area contributed by atoms with E-state index in [1.165, 1.54) is 7.11 Å². The largest absolute Gasteiger partial charge is 0.497 e. The quantitative estimate of drug-likeness (QED) is 0.397. The predicted octanol–water partition coefficient (Wildman–Crippen LogP) is 3.75. The zero-order valence-corrected chi connectivity index (χ0v) is 19.2. The number of esters is 1. The fraction of sp³-hybridized carbons (Fsp3) is 0.261. The normalized spacial score (nSPS) is 13.1. The van der Waals surface area contributed by atoms with Crippen LogP contribution in [-0.4, -0.2) is 40.5 Å². The number of hydrogen-bond acceptors (Lipinski definition) is 9. The Morgan fingerprint density at radius 3 is 2.71 bits per heavy atom. The Kier molecular flexibility index (Phi) is 5.62. The Balaban J connectivity index is 1.59. The SMILES string of the molecule is CCOC(=O)c1nn(-c2ccc(OC)cc2)c(=O)c2c(NC(=O)c3cc(C4CC4)on3)scc12. The third-order valence-electron chi connectivity index (χ3n) is 5.41. The zero-order valence-electron chi connectivity index (χ0n) is 18.4. The van der Waals surface area contributed by atoms with Gasteiger partial charge in [0.05, 0.1) is 24.8 Å². The second-order valence-electron chi connectivity index (χ2n) is 7.68. The summed E-state index contributed by atoms with van der Waals surface area (Å²) in [5.74, 6) is 0.411. The highest BCUT2D eigenvalue weighted by Gasteiger charge is 2.29. The topological polar surface area (TPSA) is 126 Å². The van der Waals surface area contributed by atoms with Crippen LogP contribution in [0.2, 0.25) is 0 Å².